The Bertz CT molecular complexity index is 628. The van der Waals surface area contributed by atoms with Gasteiger partial charge in [0.25, 0.3) is 0 Å². The van der Waals surface area contributed by atoms with Gasteiger partial charge in [-0.05, 0) is 36.8 Å². The molecule has 2 rings (SSSR count). The van der Waals surface area contributed by atoms with E-state index in [0.29, 0.717) is 18.4 Å². The molecule has 1 aliphatic rings. The maximum absolute atomic E-state index is 11.9. The number of benzene rings is 1. The number of hydrogen-bond acceptors (Lipinski definition) is 4. The zero-order valence-corrected chi connectivity index (χ0v) is 17.0. The second kappa shape index (κ2) is 10.4. The third-order valence-corrected chi connectivity index (χ3v) is 5.16. The van der Waals surface area contributed by atoms with Crippen LogP contribution in [0.5, 0.6) is 0 Å². The Morgan fingerprint density at radius 1 is 1.38 bits per heavy atom. The van der Waals surface area contributed by atoms with E-state index >= 15 is 0 Å². The molecule has 1 aromatic rings. The van der Waals surface area contributed by atoms with Crippen LogP contribution in [0.3, 0.4) is 0 Å². The summed E-state index contributed by atoms with van der Waals surface area (Å²) in [5, 5.41) is 6.50. The van der Waals surface area contributed by atoms with E-state index in [1.54, 1.807) is 30.8 Å². The summed E-state index contributed by atoms with van der Waals surface area (Å²) >= 11 is 1.73. The lowest BCUT2D eigenvalue weighted by Crippen LogP contribution is -2.44. The topological polar surface area (TPSA) is 66.0 Å². The largest absolute Gasteiger partial charge is 0.381 e. The number of thioether (sulfide) groups is 1. The summed E-state index contributed by atoms with van der Waals surface area (Å²) in [7, 11) is 3.50. The van der Waals surface area contributed by atoms with Crippen molar-refractivity contribution in [3.63, 3.8) is 0 Å². The number of likely N-dealkylation sites (N-methyl/N-ethyl adjacent to an activating group) is 1. The first-order valence-corrected chi connectivity index (χ1v) is 10.2. The lowest BCUT2D eigenvalue weighted by molar-refractivity contribution is -0.127. The first kappa shape index (κ1) is 20.6. The summed E-state index contributed by atoms with van der Waals surface area (Å²) in [4.78, 5) is 19.4. The van der Waals surface area contributed by atoms with Gasteiger partial charge in [-0.1, -0.05) is 12.1 Å². The molecule has 1 heterocycles. The van der Waals surface area contributed by atoms with Crippen molar-refractivity contribution in [2.45, 2.75) is 24.8 Å². The van der Waals surface area contributed by atoms with Crippen molar-refractivity contribution in [2.75, 3.05) is 46.7 Å². The van der Waals surface area contributed by atoms with Crippen LogP contribution in [0.4, 0.5) is 0 Å². The van der Waals surface area contributed by atoms with E-state index in [0.717, 1.165) is 26.2 Å². The number of carbonyl (C=O) groups excluding carboxylic acids is 1. The van der Waals surface area contributed by atoms with Gasteiger partial charge >= 0.3 is 0 Å². The van der Waals surface area contributed by atoms with Crippen LogP contribution in [0.25, 0.3) is 0 Å². The molecule has 1 unspecified atom stereocenters. The van der Waals surface area contributed by atoms with Crippen LogP contribution in [-0.4, -0.2) is 63.4 Å². The van der Waals surface area contributed by atoms with Crippen LogP contribution in [0, 0.1) is 12.8 Å². The standard InChI is InChI=1S/C19H30N4O2S/c1-14-5-6-16(17(9-14)26-4)11-21-19(22-12-18(24)23(2)3)20-10-15-7-8-25-13-15/h5-6,9,15H,7-8,10-13H2,1-4H3,(H2,20,21,22). The van der Waals surface area contributed by atoms with Crippen molar-refractivity contribution in [3.05, 3.63) is 29.3 Å². The number of ether oxygens (including phenoxy) is 1. The highest BCUT2D eigenvalue weighted by Crippen LogP contribution is 2.22. The molecule has 1 aromatic carbocycles. The Morgan fingerprint density at radius 3 is 2.85 bits per heavy atom. The third-order valence-electron chi connectivity index (χ3n) is 4.34. The first-order valence-electron chi connectivity index (χ1n) is 8.93. The number of amides is 1. The van der Waals surface area contributed by atoms with E-state index < -0.39 is 0 Å². The predicted molar refractivity (Wildman–Crippen MR) is 108 cm³/mol. The van der Waals surface area contributed by atoms with Crippen LogP contribution in [0.15, 0.2) is 28.1 Å². The molecule has 2 N–H and O–H groups in total. The maximum Gasteiger partial charge on any atom is 0.241 e. The Kier molecular flexibility index (Phi) is 8.25. The van der Waals surface area contributed by atoms with E-state index in [1.807, 2.05) is 0 Å². The van der Waals surface area contributed by atoms with E-state index in [4.69, 9.17) is 9.73 Å². The minimum absolute atomic E-state index is 0.0174. The predicted octanol–water partition coefficient (Wildman–Crippen LogP) is 1.88. The lowest BCUT2D eigenvalue weighted by Gasteiger charge is -2.17. The minimum atomic E-state index is 0.0174. The van der Waals surface area contributed by atoms with Gasteiger partial charge in [0.2, 0.25) is 5.91 Å². The van der Waals surface area contributed by atoms with Gasteiger partial charge in [-0.15, -0.1) is 11.8 Å². The number of guanidine groups is 1. The molecular formula is C19H30N4O2S. The van der Waals surface area contributed by atoms with Crippen molar-refractivity contribution in [1.29, 1.82) is 0 Å². The summed E-state index contributed by atoms with van der Waals surface area (Å²) in [6.07, 6.45) is 3.14. The van der Waals surface area contributed by atoms with E-state index in [2.05, 4.69) is 42.0 Å². The number of carbonyl (C=O) groups is 1. The van der Waals surface area contributed by atoms with Crippen LogP contribution < -0.4 is 10.6 Å². The summed E-state index contributed by atoms with van der Waals surface area (Å²) < 4.78 is 5.43. The Labute approximate surface area is 160 Å². The number of rotatable bonds is 7. The molecular weight excluding hydrogens is 348 g/mol. The summed E-state index contributed by atoms with van der Waals surface area (Å²) in [6.45, 7) is 5.30. The van der Waals surface area contributed by atoms with Gasteiger partial charge < -0.3 is 20.3 Å². The lowest BCUT2D eigenvalue weighted by atomic mass is 10.1. The fourth-order valence-electron chi connectivity index (χ4n) is 2.62. The molecule has 0 aromatic heterocycles. The molecule has 6 nitrogen and oxygen atoms in total. The van der Waals surface area contributed by atoms with Gasteiger partial charge in [0.05, 0.1) is 19.7 Å². The average Bonchev–Trinajstić information content (AvgIpc) is 3.14. The second-order valence-corrected chi connectivity index (χ2v) is 7.58. The molecule has 1 atom stereocenters. The van der Waals surface area contributed by atoms with Crippen LogP contribution >= 0.6 is 11.8 Å². The molecule has 26 heavy (non-hydrogen) atoms. The molecule has 1 fully saturated rings. The maximum atomic E-state index is 11.9. The molecule has 7 heteroatoms. The Morgan fingerprint density at radius 2 is 2.19 bits per heavy atom. The average molecular weight is 379 g/mol. The molecule has 1 amide bonds. The molecule has 0 aliphatic carbocycles. The molecule has 0 saturated carbocycles. The Hall–Kier alpha value is -1.73. The smallest absolute Gasteiger partial charge is 0.241 e. The summed E-state index contributed by atoms with van der Waals surface area (Å²) in [6, 6.07) is 6.41. The minimum Gasteiger partial charge on any atom is -0.381 e. The quantitative estimate of drug-likeness (QED) is 0.431. The normalized spacial score (nSPS) is 17.2. The second-order valence-electron chi connectivity index (χ2n) is 6.73. The van der Waals surface area contributed by atoms with E-state index in [9.17, 15) is 4.79 Å². The van der Waals surface area contributed by atoms with Crippen LogP contribution in [0.1, 0.15) is 17.5 Å². The van der Waals surface area contributed by atoms with Gasteiger partial charge in [0.1, 0.15) is 0 Å². The van der Waals surface area contributed by atoms with Crippen molar-refractivity contribution in [2.24, 2.45) is 10.9 Å². The SMILES string of the molecule is CSc1cc(C)ccc1CN=C(NCC(=O)N(C)C)NCC1CCOC1. The first-order chi connectivity index (χ1) is 12.5. The van der Waals surface area contributed by atoms with Gasteiger partial charge in [-0.3, -0.25) is 4.79 Å². The van der Waals surface area contributed by atoms with Gasteiger partial charge in [0.15, 0.2) is 5.96 Å². The van der Waals surface area contributed by atoms with Crippen LogP contribution in [0.2, 0.25) is 0 Å². The highest BCUT2D eigenvalue weighted by Gasteiger charge is 2.16. The third kappa shape index (κ3) is 6.53. The summed E-state index contributed by atoms with van der Waals surface area (Å²) in [5.41, 5.74) is 2.43. The number of nitrogens with zero attached hydrogens (tertiary/aromatic N) is 2. The van der Waals surface area contributed by atoms with Gasteiger partial charge in [-0.25, -0.2) is 4.99 Å². The number of hydrogen-bond donors (Lipinski definition) is 2. The highest BCUT2D eigenvalue weighted by molar-refractivity contribution is 7.98. The molecule has 0 radical (unpaired) electrons. The monoisotopic (exact) mass is 378 g/mol. The molecule has 0 bridgehead atoms. The fourth-order valence-corrected chi connectivity index (χ4v) is 3.32. The number of nitrogens with one attached hydrogen (secondary N) is 2. The van der Waals surface area contributed by atoms with Crippen molar-refractivity contribution in [3.8, 4) is 0 Å². The highest BCUT2D eigenvalue weighted by atomic mass is 32.2. The fraction of sp³-hybridized carbons (Fsp3) is 0.579. The molecule has 1 saturated heterocycles. The van der Waals surface area contributed by atoms with Gasteiger partial charge in [0, 0.05) is 38.1 Å². The van der Waals surface area contributed by atoms with Crippen molar-refractivity contribution < 1.29 is 9.53 Å². The van der Waals surface area contributed by atoms with E-state index in [1.165, 1.54) is 16.0 Å². The molecule has 0 spiro atoms. The van der Waals surface area contributed by atoms with Gasteiger partial charge in [-0.2, -0.15) is 0 Å². The van der Waals surface area contributed by atoms with Crippen molar-refractivity contribution >= 4 is 23.6 Å². The molecule has 144 valence electrons. The zero-order valence-electron chi connectivity index (χ0n) is 16.2. The number of aliphatic imine (C=N–C) groups is 1. The number of aryl methyl sites for hydroxylation is 1. The summed E-state index contributed by atoms with van der Waals surface area (Å²) in [5.74, 6) is 1.18. The zero-order chi connectivity index (χ0) is 18.9. The molecule has 1 aliphatic heterocycles. The Balaban J connectivity index is 2.02. The van der Waals surface area contributed by atoms with Crippen LogP contribution in [-0.2, 0) is 16.1 Å². The van der Waals surface area contributed by atoms with Crippen molar-refractivity contribution in [1.82, 2.24) is 15.5 Å². The van der Waals surface area contributed by atoms with E-state index in [-0.39, 0.29) is 12.5 Å².